The summed E-state index contributed by atoms with van der Waals surface area (Å²) in [5.74, 6) is 0.000787. The van der Waals surface area contributed by atoms with Crippen molar-refractivity contribution in [3.8, 4) is 0 Å². The zero-order chi connectivity index (χ0) is 11.9. The van der Waals surface area contributed by atoms with Crippen LogP contribution in [-0.4, -0.2) is 34.6 Å². The molecule has 15 heavy (non-hydrogen) atoms. The molecule has 1 aliphatic heterocycles. The van der Waals surface area contributed by atoms with Crippen LogP contribution in [0.25, 0.3) is 0 Å². The van der Waals surface area contributed by atoms with Crippen molar-refractivity contribution < 1.29 is 9.90 Å². The lowest BCUT2D eigenvalue weighted by atomic mass is 9.79. The van der Waals surface area contributed by atoms with E-state index >= 15 is 0 Å². The monoisotopic (exact) mass is 211 g/mol. The molecule has 1 amide bonds. The van der Waals surface area contributed by atoms with Crippen LogP contribution in [0.3, 0.4) is 0 Å². The fourth-order valence-electron chi connectivity index (χ4n) is 1.78. The lowest BCUT2D eigenvalue weighted by molar-refractivity contribution is -0.125. The summed E-state index contributed by atoms with van der Waals surface area (Å²) in [6, 6.07) is 0. The lowest BCUT2D eigenvalue weighted by Gasteiger charge is -2.30. The summed E-state index contributed by atoms with van der Waals surface area (Å²) in [4.78, 5) is 13.5. The number of carbonyl (C=O) groups excluding carboxylic acids is 1. The molecule has 0 saturated carbocycles. The van der Waals surface area contributed by atoms with Crippen molar-refractivity contribution in [1.82, 2.24) is 4.90 Å². The predicted octanol–water partition coefficient (Wildman–Crippen LogP) is 1.57. The second-order valence-electron chi connectivity index (χ2n) is 5.57. The largest absolute Gasteiger partial charge is 0.388 e. The maximum absolute atomic E-state index is 11.8. The number of aliphatic hydroxyl groups is 1. The molecule has 1 heterocycles. The van der Waals surface area contributed by atoms with Gasteiger partial charge in [-0.2, -0.15) is 0 Å². The maximum Gasteiger partial charge on any atom is 0.246 e. The molecule has 1 rings (SSSR count). The van der Waals surface area contributed by atoms with Crippen LogP contribution in [0.4, 0.5) is 0 Å². The highest BCUT2D eigenvalue weighted by Gasteiger charge is 2.48. The third-order valence-electron chi connectivity index (χ3n) is 3.27. The number of likely N-dealkylation sites (tertiary alicyclic amines) is 1. The van der Waals surface area contributed by atoms with Gasteiger partial charge < -0.3 is 10.0 Å². The van der Waals surface area contributed by atoms with Gasteiger partial charge in [-0.3, -0.25) is 4.79 Å². The Morgan fingerprint density at radius 2 is 1.80 bits per heavy atom. The molecule has 1 saturated heterocycles. The van der Waals surface area contributed by atoms with Crippen LogP contribution in [0.2, 0.25) is 0 Å². The van der Waals surface area contributed by atoms with Gasteiger partial charge in [0, 0.05) is 18.0 Å². The molecule has 86 valence electrons. The molecule has 0 spiro atoms. The van der Waals surface area contributed by atoms with E-state index in [9.17, 15) is 9.90 Å². The highest BCUT2D eigenvalue weighted by Crippen LogP contribution is 2.38. The van der Waals surface area contributed by atoms with Gasteiger partial charge in [0.15, 0.2) is 0 Å². The molecule has 3 nitrogen and oxygen atoms in total. The third kappa shape index (κ3) is 2.40. The highest BCUT2D eigenvalue weighted by atomic mass is 16.3. The first kappa shape index (κ1) is 12.2. The van der Waals surface area contributed by atoms with Gasteiger partial charge in [-0.1, -0.05) is 19.4 Å². The number of β-amino-alcohol motifs (C(OH)–C–C–N with tert-alkyl or cyclic N) is 1. The molecule has 1 aliphatic rings. The van der Waals surface area contributed by atoms with Gasteiger partial charge in [0.2, 0.25) is 5.91 Å². The number of amides is 1. The Morgan fingerprint density at radius 1 is 1.27 bits per heavy atom. The average molecular weight is 211 g/mol. The van der Waals surface area contributed by atoms with E-state index in [0.29, 0.717) is 13.1 Å². The summed E-state index contributed by atoms with van der Waals surface area (Å²) in [5, 5.41) is 10.2. The quantitative estimate of drug-likeness (QED) is 0.669. The summed E-state index contributed by atoms with van der Waals surface area (Å²) in [6.45, 7) is 10.6. The van der Waals surface area contributed by atoms with Crippen molar-refractivity contribution in [1.29, 1.82) is 0 Å². The molecule has 0 aromatic carbocycles. The van der Waals surface area contributed by atoms with Crippen LogP contribution in [0.1, 0.15) is 34.6 Å². The van der Waals surface area contributed by atoms with Gasteiger partial charge in [-0.05, 0) is 20.8 Å². The number of carbonyl (C=O) groups is 1. The molecule has 0 aromatic heterocycles. The molecular weight excluding hydrogens is 190 g/mol. The van der Waals surface area contributed by atoms with E-state index in [1.165, 1.54) is 0 Å². The van der Waals surface area contributed by atoms with Gasteiger partial charge in [0.05, 0.1) is 12.1 Å². The molecule has 0 radical (unpaired) electrons. The first-order chi connectivity index (χ1) is 6.66. The van der Waals surface area contributed by atoms with Gasteiger partial charge in [0.1, 0.15) is 0 Å². The Balaban J connectivity index is 2.80. The second kappa shape index (κ2) is 3.63. The van der Waals surface area contributed by atoms with E-state index in [1.807, 2.05) is 27.7 Å². The van der Waals surface area contributed by atoms with Crippen molar-refractivity contribution in [2.75, 3.05) is 13.1 Å². The summed E-state index contributed by atoms with van der Waals surface area (Å²) in [5.41, 5.74) is -0.0413. The minimum Gasteiger partial charge on any atom is -0.388 e. The third-order valence-corrected chi connectivity index (χ3v) is 3.27. The van der Waals surface area contributed by atoms with Crippen LogP contribution in [0.15, 0.2) is 11.6 Å². The van der Waals surface area contributed by atoms with Crippen LogP contribution in [-0.2, 0) is 4.79 Å². The molecule has 0 aromatic rings. The molecule has 1 fully saturated rings. The normalized spacial score (nSPS) is 29.1. The molecule has 0 aliphatic carbocycles. The van der Waals surface area contributed by atoms with E-state index in [4.69, 9.17) is 0 Å². The topological polar surface area (TPSA) is 40.5 Å². The fourth-order valence-corrected chi connectivity index (χ4v) is 1.78. The minimum atomic E-state index is -0.794. The Morgan fingerprint density at radius 3 is 2.13 bits per heavy atom. The molecular formula is C12H21NO2. The Kier molecular flexibility index (Phi) is 2.97. The summed E-state index contributed by atoms with van der Waals surface area (Å²) in [7, 11) is 0. The SMILES string of the molecule is CC(C)=CC(=O)N1CC(C)(C)[C@@](C)(O)C1. The van der Waals surface area contributed by atoms with E-state index in [2.05, 4.69) is 0 Å². The molecule has 1 atom stereocenters. The first-order valence-corrected chi connectivity index (χ1v) is 5.32. The van der Waals surface area contributed by atoms with Crippen LogP contribution in [0.5, 0.6) is 0 Å². The Bertz CT molecular complexity index is 283. The van der Waals surface area contributed by atoms with Gasteiger partial charge in [-0.15, -0.1) is 0 Å². The standard InChI is InChI=1S/C12H21NO2/c1-9(2)6-10(14)13-7-11(3,4)12(5,15)8-13/h6,15H,7-8H2,1-5H3/t12-/m0/s1. The van der Waals surface area contributed by atoms with E-state index in [1.54, 1.807) is 17.9 Å². The van der Waals surface area contributed by atoms with E-state index in [-0.39, 0.29) is 11.3 Å². The number of rotatable bonds is 1. The van der Waals surface area contributed by atoms with Crippen molar-refractivity contribution in [2.24, 2.45) is 5.41 Å². The fraction of sp³-hybridized carbons (Fsp3) is 0.750. The number of allylic oxidation sites excluding steroid dienone is 1. The summed E-state index contributed by atoms with van der Waals surface area (Å²) >= 11 is 0. The summed E-state index contributed by atoms with van der Waals surface area (Å²) in [6.07, 6.45) is 1.62. The number of hydrogen-bond acceptors (Lipinski definition) is 2. The average Bonchev–Trinajstić information content (AvgIpc) is 2.20. The Hall–Kier alpha value is -0.830. The maximum atomic E-state index is 11.8. The number of nitrogens with zero attached hydrogens (tertiary/aromatic N) is 1. The van der Waals surface area contributed by atoms with E-state index in [0.717, 1.165) is 5.57 Å². The summed E-state index contributed by atoms with van der Waals surface area (Å²) < 4.78 is 0. The smallest absolute Gasteiger partial charge is 0.246 e. The van der Waals surface area contributed by atoms with Crippen molar-refractivity contribution in [3.63, 3.8) is 0 Å². The van der Waals surface area contributed by atoms with Crippen molar-refractivity contribution in [3.05, 3.63) is 11.6 Å². The van der Waals surface area contributed by atoms with Crippen LogP contribution < -0.4 is 0 Å². The van der Waals surface area contributed by atoms with Gasteiger partial charge >= 0.3 is 0 Å². The highest BCUT2D eigenvalue weighted by molar-refractivity contribution is 5.88. The molecule has 3 heteroatoms. The van der Waals surface area contributed by atoms with Crippen LogP contribution >= 0.6 is 0 Å². The minimum absolute atomic E-state index is 0.000787. The molecule has 0 unspecified atom stereocenters. The first-order valence-electron chi connectivity index (χ1n) is 5.32. The Labute approximate surface area is 91.8 Å². The predicted molar refractivity (Wildman–Crippen MR) is 60.4 cm³/mol. The van der Waals surface area contributed by atoms with E-state index < -0.39 is 5.60 Å². The molecule has 1 N–H and O–H groups in total. The second-order valence-corrected chi connectivity index (χ2v) is 5.57. The van der Waals surface area contributed by atoms with Gasteiger partial charge in [-0.25, -0.2) is 0 Å². The zero-order valence-electron chi connectivity index (χ0n) is 10.3. The zero-order valence-corrected chi connectivity index (χ0v) is 10.3. The lowest BCUT2D eigenvalue weighted by Crippen LogP contribution is -2.40. The van der Waals surface area contributed by atoms with Crippen molar-refractivity contribution >= 4 is 5.91 Å². The van der Waals surface area contributed by atoms with Crippen molar-refractivity contribution in [2.45, 2.75) is 40.2 Å². The number of hydrogen-bond donors (Lipinski definition) is 1. The molecule has 0 bridgehead atoms. The van der Waals surface area contributed by atoms with Gasteiger partial charge in [0.25, 0.3) is 0 Å². The van der Waals surface area contributed by atoms with Crippen LogP contribution in [0, 0.1) is 5.41 Å².